The number of fused-ring (bicyclic) bond motifs is 1. The normalized spacial score (nSPS) is 11.2. The maximum absolute atomic E-state index is 12.2. The van der Waals surface area contributed by atoms with Crippen molar-refractivity contribution in [2.45, 2.75) is 13.8 Å². The van der Waals surface area contributed by atoms with Gasteiger partial charge in [-0.25, -0.2) is 4.98 Å². The number of aromatic nitrogens is 2. The molecule has 0 fully saturated rings. The summed E-state index contributed by atoms with van der Waals surface area (Å²) in [6, 6.07) is 0. The topological polar surface area (TPSA) is 66.7 Å². The Bertz CT molecular complexity index is 707. The average Bonchev–Trinajstić information content (AvgIpc) is 3.03. The predicted octanol–water partition coefficient (Wildman–Crippen LogP) is 2.05. The number of likely N-dealkylation sites (N-methyl/N-ethyl adjacent to an activating group) is 2. The first-order chi connectivity index (χ1) is 10.6. The third-order valence-electron chi connectivity index (χ3n) is 3.04. The molecule has 0 bridgehead atoms. The predicted molar refractivity (Wildman–Crippen MR) is 88.1 cm³/mol. The van der Waals surface area contributed by atoms with Gasteiger partial charge in [-0.05, 0) is 19.9 Å². The average molecular weight is 341 g/mol. The van der Waals surface area contributed by atoms with E-state index in [2.05, 4.69) is 10.3 Å². The summed E-state index contributed by atoms with van der Waals surface area (Å²) < 4.78 is 1.82. The van der Waals surface area contributed by atoms with E-state index in [-0.39, 0.29) is 18.4 Å². The number of thiazole rings is 1. The fraction of sp³-hybridized carbons (Fsp3) is 0.357. The van der Waals surface area contributed by atoms with Crippen LogP contribution < -0.4 is 5.32 Å². The van der Waals surface area contributed by atoms with Crippen LogP contribution in [0.5, 0.6) is 0 Å². The molecular formula is C14H17ClN4O2S. The van der Waals surface area contributed by atoms with E-state index in [1.54, 1.807) is 6.08 Å². The van der Waals surface area contributed by atoms with Gasteiger partial charge in [0.25, 0.3) is 0 Å². The Kier molecular flexibility index (Phi) is 5.57. The van der Waals surface area contributed by atoms with Crippen LogP contribution in [0.1, 0.15) is 19.5 Å². The first-order valence-corrected chi connectivity index (χ1v) is 8.17. The van der Waals surface area contributed by atoms with E-state index in [1.807, 2.05) is 29.8 Å². The zero-order valence-electron chi connectivity index (χ0n) is 12.4. The lowest BCUT2D eigenvalue weighted by molar-refractivity contribution is -0.132. The number of carbonyl (C=O) groups excluding carboxylic acids is 2. The van der Waals surface area contributed by atoms with Crippen molar-refractivity contribution in [3.63, 3.8) is 0 Å². The number of hydrogen-bond donors (Lipinski definition) is 1. The highest BCUT2D eigenvalue weighted by Gasteiger charge is 2.14. The number of amides is 2. The molecule has 6 nitrogen and oxygen atoms in total. The molecule has 1 N–H and O–H groups in total. The van der Waals surface area contributed by atoms with E-state index in [1.165, 1.54) is 22.3 Å². The number of hydrogen-bond acceptors (Lipinski definition) is 4. The molecule has 0 spiro atoms. The fourth-order valence-corrected chi connectivity index (χ4v) is 2.96. The minimum Gasteiger partial charge on any atom is -0.355 e. The number of rotatable bonds is 6. The monoisotopic (exact) mass is 340 g/mol. The van der Waals surface area contributed by atoms with Gasteiger partial charge in [0.1, 0.15) is 0 Å². The minimum atomic E-state index is -0.241. The molecule has 0 unspecified atom stereocenters. The zero-order valence-corrected chi connectivity index (χ0v) is 13.9. The van der Waals surface area contributed by atoms with Gasteiger partial charge >= 0.3 is 0 Å². The molecule has 2 amide bonds. The molecule has 22 heavy (non-hydrogen) atoms. The lowest BCUT2D eigenvalue weighted by Crippen LogP contribution is -2.39. The van der Waals surface area contributed by atoms with Crippen LogP contribution in [0.15, 0.2) is 17.7 Å². The Labute approximate surface area is 137 Å². The third-order valence-corrected chi connectivity index (χ3v) is 4.07. The number of halogens is 1. The summed E-state index contributed by atoms with van der Waals surface area (Å²) in [6.07, 6.45) is 4.88. The molecule has 0 aliphatic rings. The molecule has 2 aromatic rings. The van der Waals surface area contributed by atoms with Crippen molar-refractivity contribution in [3.05, 3.63) is 28.5 Å². The maximum atomic E-state index is 12.2. The van der Waals surface area contributed by atoms with Crippen molar-refractivity contribution in [3.8, 4) is 0 Å². The lowest BCUT2D eigenvalue weighted by atomic mass is 10.3. The molecule has 0 saturated heterocycles. The Balaban J connectivity index is 2.10. The summed E-state index contributed by atoms with van der Waals surface area (Å²) in [4.78, 5) is 30.2. The largest absolute Gasteiger partial charge is 0.355 e. The maximum Gasteiger partial charge on any atom is 0.247 e. The van der Waals surface area contributed by atoms with E-state index < -0.39 is 0 Å². The molecule has 8 heteroatoms. The van der Waals surface area contributed by atoms with Crippen molar-refractivity contribution in [2.24, 2.45) is 0 Å². The number of nitrogens with zero attached hydrogens (tertiary/aromatic N) is 3. The SMILES string of the molecule is CCNC(=O)CN(CC)C(=O)C=Cc1c(Cl)nc2sccn12. The summed E-state index contributed by atoms with van der Waals surface area (Å²) in [5, 5.41) is 4.92. The second-order valence-electron chi connectivity index (χ2n) is 4.48. The first kappa shape index (κ1) is 16.5. The van der Waals surface area contributed by atoms with E-state index in [9.17, 15) is 9.59 Å². The van der Waals surface area contributed by atoms with E-state index in [0.717, 1.165) is 4.96 Å². The van der Waals surface area contributed by atoms with Gasteiger partial charge in [-0.1, -0.05) is 11.6 Å². The summed E-state index contributed by atoms with van der Waals surface area (Å²) in [5.74, 6) is -0.413. The highest BCUT2D eigenvalue weighted by Crippen LogP contribution is 2.22. The Morgan fingerprint density at radius 3 is 2.95 bits per heavy atom. The molecule has 2 heterocycles. The smallest absolute Gasteiger partial charge is 0.247 e. The van der Waals surface area contributed by atoms with Gasteiger partial charge < -0.3 is 10.2 Å². The van der Waals surface area contributed by atoms with E-state index in [4.69, 9.17) is 11.6 Å². The van der Waals surface area contributed by atoms with Gasteiger partial charge in [-0.3, -0.25) is 14.0 Å². The van der Waals surface area contributed by atoms with Gasteiger partial charge in [0.05, 0.1) is 12.2 Å². The van der Waals surface area contributed by atoms with Gasteiger partial charge in [0.2, 0.25) is 11.8 Å². The van der Waals surface area contributed by atoms with Gasteiger partial charge in [0.15, 0.2) is 10.1 Å². The highest BCUT2D eigenvalue weighted by molar-refractivity contribution is 7.15. The quantitative estimate of drug-likeness (QED) is 0.818. The second-order valence-corrected chi connectivity index (χ2v) is 5.71. The Morgan fingerprint density at radius 1 is 1.50 bits per heavy atom. The standard InChI is InChI=1S/C14H17ClN4O2S/c1-3-16-11(20)9-18(4-2)12(21)6-5-10-13(15)17-14-19(10)7-8-22-14/h5-8H,3-4,9H2,1-2H3,(H,16,20). The van der Waals surface area contributed by atoms with Crippen LogP contribution in [-0.4, -0.2) is 45.7 Å². The molecule has 0 saturated carbocycles. The molecular weight excluding hydrogens is 324 g/mol. The summed E-state index contributed by atoms with van der Waals surface area (Å²) in [6.45, 7) is 4.70. The molecule has 0 radical (unpaired) electrons. The van der Waals surface area contributed by atoms with Crippen molar-refractivity contribution >= 4 is 45.8 Å². The van der Waals surface area contributed by atoms with Crippen molar-refractivity contribution in [1.29, 1.82) is 0 Å². The summed E-state index contributed by atoms with van der Waals surface area (Å²) in [7, 11) is 0. The molecule has 2 rings (SSSR count). The van der Waals surface area contributed by atoms with Crippen LogP contribution in [0.2, 0.25) is 5.15 Å². The van der Waals surface area contributed by atoms with Crippen LogP contribution >= 0.6 is 22.9 Å². The highest BCUT2D eigenvalue weighted by atomic mass is 35.5. The molecule has 0 aromatic carbocycles. The van der Waals surface area contributed by atoms with Crippen LogP contribution in [-0.2, 0) is 9.59 Å². The fourth-order valence-electron chi connectivity index (χ4n) is 1.95. The first-order valence-electron chi connectivity index (χ1n) is 6.91. The van der Waals surface area contributed by atoms with E-state index >= 15 is 0 Å². The van der Waals surface area contributed by atoms with Gasteiger partial charge in [-0.2, -0.15) is 0 Å². The molecule has 0 aliphatic heterocycles. The number of nitrogens with one attached hydrogen (secondary N) is 1. The molecule has 2 aromatic heterocycles. The molecule has 0 atom stereocenters. The van der Waals surface area contributed by atoms with Crippen molar-refractivity contribution < 1.29 is 9.59 Å². The van der Waals surface area contributed by atoms with Gasteiger partial charge in [-0.15, -0.1) is 11.3 Å². The Hall–Kier alpha value is -1.86. The van der Waals surface area contributed by atoms with Crippen LogP contribution in [0.3, 0.4) is 0 Å². The number of carbonyl (C=O) groups is 2. The molecule has 118 valence electrons. The van der Waals surface area contributed by atoms with Crippen LogP contribution in [0.4, 0.5) is 0 Å². The summed E-state index contributed by atoms with van der Waals surface area (Å²) in [5.41, 5.74) is 0.653. The van der Waals surface area contributed by atoms with Crippen LogP contribution in [0, 0.1) is 0 Å². The zero-order chi connectivity index (χ0) is 16.1. The second kappa shape index (κ2) is 7.42. The number of imidazole rings is 1. The van der Waals surface area contributed by atoms with Crippen molar-refractivity contribution in [1.82, 2.24) is 19.6 Å². The van der Waals surface area contributed by atoms with Crippen molar-refractivity contribution in [2.75, 3.05) is 19.6 Å². The summed E-state index contributed by atoms with van der Waals surface area (Å²) >= 11 is 7.53. The third kappa shape index (κ3) is 3.66. The molecule has 0 aliphatic carbocycles. The Morgan fingerprint density at radius 2 is 2.27 bits per heavy atom. The van der Waals surface area contributed by atoms with Crippen LogP contribution in [0.25, 0.3) is 11.0 Å². The van der Waals surface area contributed by atoms with E-state index in [0.29, 0.717) is 23.9 Å². The minimum absolute atomic E-state index is 0.0432. The lowest BCUT2D eigenvalue weighted by Gasteiger charge is -2.18. The van der Waals surface area contributed by atoms with Gasteiger partial charge in [0, 0.05) is 30.7 Å².